The van der Waals surface area contributed by atoms with Crippen LogP contribution in [0.15, 0.2) is 42.7 Å². The molecule has 1 saturated heterocycles. The summed E-state index contributed by atoms with van der Waals surface area (Å²) in [5.41, 5.74) is 1.17. The molecule has 1 aromatic carbocycles. The fraction of sp³-hybridized carbons (Fsp3) is 0.524. The molecule has 1 aliphatic rings. The standard InChI is InChI=1S/C21H29N3O2/c1-2-20-22-12-14-24(20)19-10-6-13-23(16-19)21(25)11-7-15-26-17-18-8-4-3-5-9-18/h3-5,8-9,12,14,19H,2,6-7,10-11,13,15-17H2,1H3. The summed E-state index contributed by atoms with van der Waals surface area (Å²) in [6.45, 7) is 5.03. The van der Waals surface area contributed by atoms with E-state index in [1.54, 1.807) is 0 Å². The van der Waals surface area contributed by atoms with Gasteiger partial charge in [-0.1, -0.05) is 37.3 Å². The number of hydrogen-bond acceptors (Lipinski definition) is 3. The lowest BCUT2D eigenvalue weighted by molar-refractivity contribution is -0.133. The van der Waals surface area contributed by atoms with Gasteiger partial charge in [0.25, 0.3) is 0 Å². The molecule has 0 N–H and O–H groups in total. The van der Waals surface area contributed by atoms with Crippen LogP contribution in [-0.4, -0.2) is 40.1 Å². The number of amides is 1. The molecule has 1 atom stereocenters. The van der Waals surface area contributed by atoms with Crippen LogP contribution in [0.1, 0.15) is 50.0 Å². The molecule has 3 rings (SSSR count). The Labute approximate surface area is 156 Å². The van der Waals surface area contributed by atoms with E-state index in [4.69, 9.17) is 4.74 Å². The highest BCUT2D eigenvalue weighted by Gasteiger charge is 2.25. The number of ether oxygens (including phenoxy) is 1. The van der Waals surface area contributed by atoms with Crippen molar-refractivity contribution in [1.82, 2.24) is 14.5 Å². The van der Waals surface area contributed by atoms with Crippen molar-refractivity contribution in [2.45, 2.75) is 51.7 Å². The highest BCUT2D eigenvalue weighted by Crippen LogP contribution is 2.23. The third kappa shape index (κ3) is 4.94. The molecule has 0 bridgehead atoms. The van der Waals surface area contributed by atoms with Crippen LogP contribution in [0.2, 0.25) is 0 Å². The van der Waals surface area contributed by atoms with Gasteiger partial charge in [0.05, 0.1) is 12.6 Å². The second-order valence-electron chi connectivity index (χ2n) is 6.88. The number of aromatic nitrogens is 2. The number of benzene rings is 1. The number of imidazole rings is 1. The van der Waals surface area contributed by atoms with Gasteiger partial charge in [-0.2, -0.15) is 0 Å². The summed E-state index contributed by atoms with van der Waals surface area (Å²) in [5, 5.41) is 0. The molecule has 1 aliphatic heterocycles. The van der Waals surface area contributed by atoms with E-state index < -0.39 is 0 Å². The highest BCUT2D eigenvalue weighted by atomic mass is 16.5. The number of aryl methyl sites for hydroxylation is 1. The maximum atomic E-state index is 12.5. The Balaban J connectivity index is 1.40. The van der Waals surface area contributed by atoms with Gasteiger partial charge in [0, 0.05) is 44.9 Å². The average Bonchev–Trinajstić information content (AvgIpc) is 3.17. The van der Waals surface area contributed by atoms with Crippen LogP contribution in [0, 0.1) is 0 Å². The molecule has 0 radical (unpaired) electrons. The van der Waals surface area contributed by atoms with Gasteiger partial charge < -0.3 is 14.2 Å². The molecule has 5 nitrogen and oxygen atoms in total. The van der Waals surface area contributed by atoms with E-state index in [0.717, 1.165) is 44.6 Å². The number of carbonyl (C=O) groups excluding carboxylic acids is 1. The summed E-state index contributed by atoms with van der Waals surface area (Å²) in [6, 6.07) is 10.5. The second kappa shape index (κ2) is 9.53. The van der Waals surface area contributed by atoms with Crippen LogP contribution in [-0.2, 0) is 22.6 Å². The zero-order valence-electron chi connectivity index (χ0n) is 15.6. The molecule has 2 heterocycles. The van der Waals surface area contributed by atoms with Gasteiger partial charge in [-0.15, -0.1) is 0 Å². The first-order valence-electron chi connectivity index (χ1n) is 9.69. The second-order valence-corrected chi connectivity index (χ2v) is 6.88. The van der Waals surface area contributed by atoms with Crippen LogP contribution >= 0.6 is 0 Å². The Morgan fingerprint density at radius 2 is 2.15 bits per heavy atom. The normalized spacial score (nSPS) is 17.4. The topological polar surface area (TPSA) is 47.4 Å². The van der Waals surface area contributed by atoms with E-state index in [1.165, 1.54) is 5.56 Å². The van der Waals surface area contributed by atoms with Crippen molar-refractivity contribution >= 4 is 5.91 Å². The van der Waals surface area contributed by atoms with Gasteiger partial charge in [-0.3, -0.25) is 4.79 Å². The lowest BCUT2D eigenvalue weighted by Crippen LogP contribution is -2.40. The Kier molecular flexibility index (Phi) is 6.83. The number of likely N-dealkylation sites (tertiary alicyclic amines) is 1. The predicted molar refractivity (Wildman–Crippen MR) is 102 cm³/mol. The largest absolute Gasteiger partial charge is 0.377 e. The number of carbonyl (C=O) groups is 1. The zero-order chi connectivity index (χ0) is 18.2. The lowest BCUT2D eigenvalue weighted by Gasteiger charge is -2.34. The van der Waals surface area contributed by atoms with E-state index in [-0.39, 0.29) is 5.91 Å². The highest BCUT2D eigenvalue weighted by molar-refractivity contribution is 5.76. The van der Waals surface area contributed by atoms with Crippen molar-refractivity contribution in [3.05, 3.63) is 54.1 Å². The van der Waals surface area contributed by atoms with Crippen molar-refractivity contribution in [2.75, 3.05) is 19.7 Å². The monoisotopic (exact) mass is 355 g/mol. The van der Waals surface area contributed by atoms with Crippen molar-refractivity contribution in [3.8, 4) is 0 Å². The Morgan fingerprint density at radius 3 is 2.96 bits per heavy atom. The fourth-order valence-electron chi connectivity index (χ4n) is 3.61. The molecule has 5 heteroatoms. The van der Waals surface area contributed by atoms with E-state index >= 15 is 0 Å². The molecule has 1 aromatic heterocycles. The van der Waals surface area contributed by atoms with E-state index in [0.29, 0.717) is 25.7 Å². The smallest absolute Gasteiger partial charge is 0.222 e. The molecule has 0 saturated carbocycles. The number of nitrogens with zero attached hydrogens (tertiary/aromatic N) is 3. The van der Waals surface area contributed by atoms with Gasteiger partial charge in [0.1, 0.15) is 5.82 Å². The molecule has 1 amide bonds. The predicted octanol–water partition coefficient (Wildman–Crippen LogP) is 3.61. The van der Waals surface area contributed by atoms with Crippen molar-refractivity contribution < 1.29 is 9.53 Å². The molecule has 26 heavy (non-hydrogen) atoms. The maximum absolute atomic E-state index is 12.5. The first kappa shape index (κ1) is 18.6. The minimum absolute atomic E-state index is 0.246. The minimum atomic E-state index is 0.246. The van der Waals surface area contributed by atoms with Gasteiger partial charge in [0.15, 0.2) is 0 Å². The summed E-state index contributed by atoms with van der Waals surface area (Å²) in [5.74, 6) is 1.36. The summed E-state index contributed by atoms with van der Waals surface area (Å²) >= 11 is 0. The summed E-state index contributed by atoms with van der Waals surface area (Å²) in [4.78, 5) is 19.0. The number of piperidine rings is 1. The molecule has 140 valence electrons. The molecule has 0 spiro atoms. The van der Waals surface area contributed by atoms with Gasteiger partial charge >= 0.3 is 0 Å². The SMILES string of the molecule is CCc1nccn1C1CCCN(C(=O)CCCOCc2ccccc2)C1. The maximum Gasteiger partial charge on any atom is 0.222 e. The van der Waals surface area contributed by atoms with E-state index in [1.807, 2.05) is 29.3 Å². The van der Waals surface area contributed by atoms with Gasteiger partial charge in [-0.05, 0) is 24.8 Å². The third-order valence-electron chi connectivity index (χ3n) is 5.00. The Morgan fingerprint density at radius 1 is 1.31 bits per heavy atom. The van der Waals surface area contributed by atoms with E-state index in [9.17, 15) is 4.79 Å². The van der Waals surface area contributed by atoms with Crippen LogP contribution in [0.4, 0.5) is 0 Å². The Bertz CT molecular complexity index is 684. The van der Waals surface area contributed by atoms with Gasteiger partial charge in [-0.25, -0.2) is 4.98 Å². The van der Waals surface area contributed by atoms with Gasteiger partial charge in [0.2, 0.25) is 5.91 Å². The van der Waals surface area contributed by atoms with E-state index in [2.05, 4.69) is 34.8 Å². The summed E-state index contributed by atoms with van der Waals surface area (Å²) in [6.07, 6.45) is 8.36. The van der Waals surface area contributed by atoms with Crippen LogP contribution < -0.4 is 0 Å². The molecular weight excluding hydrogens is 326 g/mol. The van der Waals surface area contributed by atoms with Crippen LogP contribution in [0.25, 0.3) is 0 Å². The van der Waals surface area contributed by atoms with Crippen molar-refractivity contribution in [2.24, 2.45) is 0 Å². The first-order valence-corrected chi connectivity index (χ1v) is 9.69. The van der Waals surface area contributed by atoms with Crippen LogP contribution in [0.3, 0.4) is 0 Å². The summed E-state index contributed by atoms with van der Waals surface area (Å²) in [7, 11) is 0. The van der Waals surface area contributed by atoms with Crippen molar-refractivity contribution in [1.29, 1.82) is 0 Å². The molecule has 1 fully saturated rings. The Hall–Kier alpha value is -2.14. The quantitative estimate of drug-likeness (QED) is 0.680. The summed E-state index contributed by atoms with van der Waals surface area (Å²) < 4.78 is 7.94. The number of hydrogen-bond donors (Lipinski definition) is 0. The first-order chi connectivity index (χ1) is 12.8. The third-order valence-corrected chi connectivity index (χ3v) is 5.00. The molecule has 2 aromatic rings. The molecular formula is C21H29N3O2. The molecule has 0 aliphatic carbocycles. The number of rotatable bonds is 8. The average molecular weight is 355 g/mol. The fourth-order valence-corrected chi connectivity index (χ4v) is 3.61. The minimum Gasteiger partial charge on any atom is -0.377 e. The van der Waals surface area contributed by atoms with Crippen molar-refractivity contribution in [3.63, 3.8) is 0 Å². The lowest BCUT2D eigenvalue weighted by atomic mass is 10.0. The molecule has 1 unspecified atom stereocenters. The zero-order valence-corrected chi connectivity index (χ0v) is 15.6. The van der Waals surface area contributed by atoms with Crippen LogP contribution in [0.5, 0.6) is 0 Å².